The van der Waals surface area contributed by atoms with Crippen molar-refractivity contribution in [3.8, 4) is 28.5 Å². The number of alkyl halides is 2. The molecule has 3 rings (SSSR count). The Bertz CT molecular complexity index is 885. The molecule has 0 fully saturated rings. The third-order valence-electron chi connectivity index (χ3n) is 3.67. The van der Waals surface area contributed by atoms with Gasteiger partial charge in [0.2, 0.25) is 5.88 Å². The Morgan fingerprint density at radius 3 is 2.60 bits per heavy atom. The van der Waals surface area contributed by atoms with Gasteiger partial charge in [0.05, 0.1) is 12.7 Å². The van der Waals surface area contributed by atoms with Crippen molar-refractivity contribution in [2.75, 3.05) is 7.11 Å². The Labute approximate surface area is 144 Å². The summed E-state index contributed by atoms with van der Waals surface area (Å²) in [6.45, 7) is 1.81. The maximum atomic E-state index is 13.3. The highest BCUT2D eigenvalue weighted by Crippen LogP contribution is 2.38. The first-order valence-corrected chi connectivity index (χ1v) is 7.60. The number of halogens is 2. The van der Waals surface area contributed by atoms with Gasteiger partial charge in [0, 0.05) is 29.7 Å². The molecule has 6 heteroatoms. The van der Waals surface area contributed by atoms with E-state index in [1.807, 2.05) is 6.92 Å². The lowest BCUT2D eigenvalue weighted by Gasteiger charge is -2.15. The van der Waals surface area contributed by atoms with Crippen LogP contribution in [0.4, 0.5) is 8.78 Å². The summed E-state index contributed by atoms with van der Waals surface area (Å²) in [6, 6.07) is 9.78. The van der Waals surface area contributed by atoms with Gasteiger partial charge < -0.3 is 9.47 Å². The first kappa shape index (κ1) is 16.8. The minimum Gasteiger partial charge on any atom is -0.496 e. The lowest BCUT2D eigenvalue weighted by atomic mass is 10.1. The predicted octanol–water partition coefficient (Wildman–Crippen LogP) is 5.19. The normalized spacial score (nSPS) is 10.8. The Balaban J connectivity index is 2.08. The van der Waals surface area contributed by atoms with Crippen molar-refractivity contribution in [2.24, 2.45) is 0 Å². The number of methoxy groups -OCH3 is 1. The standard InChI is InChI=1S/C19H16F2N2O2/c1-12-5-6-14(18(20)21)17(10-12)25-19-13(4-3-8-23-19)15-11-22-9-7-16(15)24-2/h3-11,18H,1-2H3. The van der Waals surface area contributed by atoms with Crippen LogP contribution in [0.1, 0.15) is 17.6 Å². The summed E-state index contributed by atoms with van der Waals surface area (Å²) < 4.78 is 37.7. The Morgan fingerprint density at radius 2 is 1.84 bits per heavy atom. The molecule has 0 N–H and O–H groups in total. The van der Waals surface area contributed by atoms with Crippen LogP contribution in [0.15, 0.2) is 55.0 Å². The summed E-state index contributed by atoms with van der Waals surface area (Å²) in [6.07, 6.45) is 2.12. The molecule has 0 atom stereocenters. The molecule has 3 aromatic rings. The summed E-state index contributed by atoms with van der Waals surface area (Å²) in [5, 5.41) is 0. The lowest BCUT2D eigenvalue weighted by Crippen LogP contribution is -1.97. The van der Waals surface area contributed by atoms with Crippen LogP contribution in [0.25, 0.3) is 11.1 Å². The lowest BCUT2D eigenvalue weighted by molar-refractivity contribution is 0.148. The number of aromatic nitrogens is 2. The van der Waals surface area contributed by atoms with Gasteiger partial charge in [-0.2, -0.15) is 0 Å². The van der Waals surface area contributed by atoms with Crippen LogP contribution in [0.2, 0.25) is 0 Å². The molecule has 2 aromatic heterocycles. The van der Waals surface area contributed by atoms with Gasteiger partial charge >= 0.3 is 0 Å². The molecular formula is C19H16F2N2O2. The minimum absolute atomic E-state index is 0.0813. The molecule has 0 aliphatic heterocycles. The smallest absolute Gasteiger partial charge is 0.267 e. The van der Waals surface area contributed by atoms with Crippen molar-refractivity contribution in [1.29, 1.82) is 0 Å². The van der Waals surface area contributed by atoms with Crippen LogP contribution in [0.3, 0.4) is 0 Å². The summed E-state index contributed by atoms with van der Waals surface area (Å²) >= 11 is 0. The summed E-state index contributed by atoms with van der Waals surface area (Å²) in [5.74, 6) is 0.880. The molecule has 0 bridgehead atoms. The zero-order valence-corrected chi connectivity index (χ0v) is 13.7. The Hall–Kier alpha value is -3.02. The van der Waals surface area contributed by atoms with Crippen molar-refractivity contribution in [3.63, 3.8) is 0 Å². The fraction of sp³-hybridized carbons (Fsp3) is 0.158. The van der Waals surface area contributed by atoms with Gasteiger partial charge in [0.15, 0.2) is 0 Å². The van der Waals surface area contributed by atoms with Gasteiger partial charge in [-0.25, -0.2) is 13.8 Å². The van der Waals surface area contributed by atoms with Gasteiger partial charge in [0.25, 0.3) is 6.43 Å². The molecule has 0 aliphatic carbocycles. The van der Waals surface area contributed by atoms with Crippen molar-refractivity contribution < 1.29 is 18.3 Å². The molecule has 0 saturated carbocycles. The van der Waals surface area contributed by atoms with Crippen LogP contribution in [0, 0.1) is 6.92 Å². The monoisotopic (exact) mass is 342 g/mol. The predicted molar refractivity (Wildman–Crippen MR) is 90.2 cm³/mol. The third-order valence-corrected chi connectivity index (χ3v) is 3.67. The van der Waals surface area contributed by atoms with Gasteiger partial charge in [-0.1, -0.05) is 6.07 Å². The molecular weight excluding hydrogens is 326 g/mol. The topological polar surface area (TPSA) is 44.2 Å². The zero-order chi connectivity index (χ0) is 17.8. The number of hydrogen-bond donors (Lipinski definition) is 0. The number of nitrogens with zero attached hydrogens (tertiary/aromatic N) is 2. The van der Waals surface area contributed by atoms with E-state index in [0.29, 0.717) is 16.9 Å². The molecule has 1 aromatic carbocycles. The van der Waals surface area contributed by atoms with Crippen LogP contribution in [-0.4, -0.2) is 17.1 Å². The largest absolute Gasteiger partial charge is 0.496 e. The maximum Gasteiger partial charge on any atom is 0.267 e. The molecule has 128 valence electrons. The van der Waals surface area contributed by atoms with Crippen molar-refractivity contribution in [2.45, 2.75) is 13.3 Å². The molecule has 2 heterocycles. The highest BCUT2D eigenvalue weighted by Gasteiger charge is 2.18. The van der Waals surface area contributed by atoms with Crippen LogP contribution in [0.5, 0.6) is 17.4 Å². The first-order chi connectivity index (χ1) is 12.1. The SMILES string of the molecule is COc1ccncc1-c1cccnc1Oc1cc(C)ccc1C(F)F. The molecule has 0 saturated heterocycles. The van der Waals surface area contributed by atoms with Crippen molar-refractivity contribution in [3.05, 3.63) is 66.1 Å². The maximum absolute atomic E-state index is 13.3. The molecule has 0 spiro atoms. The molecule has 0 amide bonds. The fourth-order valence-electron chi connectivity index (χ4n) is 2.45. The number of benzene rings is 1. The molecule has 0 unspecified atom stereocenters. The van der Waals surface area contributed by atoms with Gasteiger partial charge in [-0.15, -0.1) is 0 Å². The minimum atomic E-state index is -2.64. The first-order valence-electron chi connectivity index (χ1n) is 7.60. The quantitative estimate of drug-likeness (QED) is 0.640. The van der Waals surface area contributed by atoms with E-state index in [2.05, 4.69) is 9.97 Å². The van der Waals surface area contributed by atoms with Crippen molar-refractivity contribution in [1.82, 2.24) is 9.97 Å². The highest BCUT2D eigenvalue weighted by atomic mass is 19.3. The van der Waals surface area contributed by atoms with Gasteiger partial charge in [-0.3, -0.25) is 4.98 Å². The number of ether oxygens (including phenoxy) is 2. The number of rotatable bonds is 5. The Morgan fingerprint density at radius 1 is 1.00 bits per heavy atom. The van der Waals surface area contributed by atoms with Gasteiger partial charge in [0.1, 0.15) is 11.5 Å². The second kappa shape index (κ2) is 7.25. The summed E-state index contributed by atoms with van der Waals surface area (Å²) in [7, 11) is 1.55. The van der Waals surface area contributed by atoms with Crippen LogP contribution >= 0.6 is 0 Å². The Kier molecular flexibility index (Phi) is 4.88. The number of pyridine rings is 2. The second-order valence-corrected chi connectivity index (χ2v) is 5.38. The highest BCUT2D eigenvalue weighted by molar-refractivity contribution is 5.73. The summed E-state index contributed by atoms with van der Waals surface area (Å²) in [4.78, 5) is 8.30. The van der Waals surface area contributed by atoms with E-state index >= 15 is 0 Å². The van der Waals surface area contributed by atoms with Crippen LogP contribution < -0.4 is 9.47 Å². The van der Waals surface area contributed by atoms with E-state index in [9.17, 15) is 8.78 Å². The molecule has 25 heavy (non-hydrogen) atoms. The van der Waals surface area contributed by atoms with E-state index in [-0.39, 0.29) is 17.2 Å². The van der Waals surface area contributed by atoms with E-state index in [1.165, 1.54) is 6.07 Å². The molecule has 0 radical (unpaired) electrons. The van der Waals surface area contributed by atoms with Gasteiger partial charge in [-0.05, 0) is 42.8 Å². The number of aryl methyl sites for hydroxylation is 1. The average Bonchev–Trinajstić information content (AvgIpc) is 2.62. The average molecular weight is 342 g/mol. The van der Waals surface area contributed by atoms with E-state index in [1.54, 1.807) is 56.0 Å². The fourth-order valence-corrected chi connectivity index (χ4v) is 2.45. The number of hydrogen-bond acceptors (Lipinski definition) is 4. The third kappa shape index (κ3) is 3.57. The van der Waals surface area contributed by atoms with E-state index in [4.69, 9.17) is 9.47 Å². The van der Waals surface area contributed by atoms with E-state index < -0.39 is 6.43 Å². The van der Waals surface area contributed by atoms with Crippen LogP contribution in [-0.2, 0) is 0 Å². The molecule has 4 nitrogen and oxygen atoms in total. The molecule has 0 aliphatic rings. The van der Waals surface area contributed by atoms with E-state index in [0.717, 1.165) is 5.56 Å². The summed E-state index contributed by atoms with van der Waals surface area (Å²) in [5.41, 5.74) is 1.91. The zero-order valence-electron chi connectivity index (χ0n) is 13.7. The second-order valence-electron chi connectivity index (χ2n) is 5.38. The van der Waals surface area contributed by atoms with Crippen molar-refractivity contribution >= 4 is 0 Å².